The van der Waals surface area contributed by atoms with Crippen molar-refractivity contribution in [2.24, 2.45) is 5.92 Å². The molecule has 0 atom stereocenters. The highest BCUT2D eigenvalue weighted by molar-refractivity contribution is 5.79. The summed E-state index contributed by atoms with van der Waals surface area (Å²) in [5.74, 6) is 2.04. The molecule has 2 aromatic rings. The summed E-state index contributed by atoms with van der Waals surface area (Å²) in [5.41, 5.74) is 2.47. The fourth-order valence-corrected chi connectivity index (χ4v) is 3.80. The molecule has 1 aliphatic heterocycles. The zero-order valence-electron chi connectivity index (χ0n) is 13.7. The topological polar surface area (TPSA) is 75.4 Å². The van der Waals surface area contributed by atoms with Gasteiger partial charge in [0.05, 0.1) is 5.69 Å². The number of nitrogens with zero attached hydrogens (tertiary/aromatic N) is 5. The van der Waals surface area contributed by atoms with Crippen molar-refractivity contribution in [2.75, 3.05) is 24.5 Å². The van der Waals surface area contributed by atoms with Gasteiger partial charge in [0.1, 0.15) is 12.1 Å². The number of aromatic nitrogens is 4. The van der Waals surface area contributed by atoms with Crippen molar-refractivity contribution >= 4 is 17.5 Å². The van der Waals surface area contributed by atoms with Gasteiger partial charge in [0.2, 0.25) is 5.91 Å². The number of hydrogen-bond donors (Lipinski definition) is 1. The van der Waals surface area contributed by atoms with Gasteiger partial charge in [0, 0.05) is 31.1 Å². The molecule has 1 saturated heterocycles. The largest absolute Gasteiger partial charge is 0.356 e. The first-order valence-corrected chi connectivity index (χ1v) is 8.63. The second-order valence-corrected chi connectivity index (χ2v) is 6.48. The third-order valence-corrected chi connectivity index (χ3v) is 5.01. The highest BCUT2D eigenvalue weighted by Gasteiger charge is 2.29. The Morgan fingerprint density at radius 3 is 3.00 bits per heavy atom. The van der Waals surface area contributed by atoms with Crippen molar-refractivity contribution < 1.29 is 4.79 Å². The molecule has 4 rings (SSSR count). The second-order valence-electron chi connectivity index (χ2n) is 6.48. The Kier molecular flexibility index (Phi) is 3.92. The summed E-state index contributed by atoms with van der Waals surface area (Å²) in [6.07, 6.45) is 8.21. The van der Waals surface area contributed by atoms with Crippen LogP contribution in [0.4, 0.5) is 5.82 Å². The van der Waals surface area contributed by atoms with Crippen molar-refractivity contribution in [1.82, 2.24) is 24.9 Å². The number of rotatable bonds is 4. The molecule has 1 fully saturated rings. The molecular weight excluding hydrogens is 304 g/mol. The van der Waals surface area contributed by atoms with Gasteiger partial charge in [-0.1, -0.05) is 6.08 Å². The number of hydrogen-bond acceptors (Lipinski definition) is 5. The Bertz CT molecular complexity index is 775. The molecule has 2 aromatic heterocycles. The molecule has 0 aromatic carbocycles. The van der Waals surface area contributed by atoms with Crippen LogP contribution in [0.25, 0.3) is 5.78 Å². The highest BCUT2D eigenvalue weighted by atomic mass is 16.1. The summed E-state index contributed by atoms with van der Waals surface area (Å²) in [6.45, 7) is 5.90. The van der Waals surface area contributed by atoms with Crippen LogP contribution in [0.15, 0.2) is 19.0 Å². The third-order valence-electron chi connectivity index (χ3n) is 5.01. The normalized spacial score (nSPS) is 17.9. The van der Waals surface area contributed by atoms with Crippen LogP contribution in [0.2, 0.25) is 0 Å². The third kappa shape index (κ3) is 2.53. The Labute approximate surface area is 140 Å². The summed E-state index contributed by atoms with van der Waals surface area (Å²) < 4.78 is 1.86. The van der Waals surface area contributed by atoms with Gasteiger partial charge >= 0.3 is 0 Å². The summed E-state index contributed by atoms with van der Waals surface area (Å²) in [5, 5.41) is 7.29. The average molecular weight is 326 g/mol. The van der Waals surface area contributed by atoms with Crippen LogP contribution in [-0.2, 0) is 17.6 Å². The van der Waals surface area contributed by atoms with E-state index in [0.29, 0.717) is 12.3 Å². The van der Waals surface area contributed by atoms with E-state index in [4.69, 9.17) is 0 Å². The monoisotopic (exact) mass is 326 g/mol. The Hall–Kier alpha value is -2.44. The predicted octanol–water partition coefficient (Wildman–Crippen LogP) is 1.13. The van der Waals surface area contributed by atoms with Crippen molar-refractivity contribution in [3.8, 4) is 0 Å². The Morgan fingerprint density at radius 2 is 2.21 bits per heavy atom. The van der Waals surface area contributed by atoms with Crippen molar-refractivity contribution in [3.63, 3.8) is 0 Å². The van der Waals surface area contributed by atoms with E-state index in [-0.39, 0.29) is 11.8 Å². The van der Waals surface area contributed by atoms with Gasteiger partial charge in [-0.2, -0.15) is 14.6 Å². The lowest BCUT2D eigenvalue weighted by Crippen LogP contribution is -2.41. The van der Waals surface area contributed by atoms with E-state index in [1.54, 1.807) is 12.4 Å². The SMILES string of the molecule is C=CCNC(=O)C1CCN(c2c3c(nc4ncnn24)CCC3)CC1. The first-order valence-electron chi connectivity index (χ1n) is 8.63. The molecule has 126 valence electrons. The molecule has 3 heterocycles. The van der Waals surface area contributed by atoms with Gasteiger partial charge in [0.25, 0.3) is 5.78 Å². The summed E-state index contributed by atoms with van der Waals surface area (Å²) in [4.78, 5) is 23.4. The minimum absolute atomic E-state index is 0.0855. The summed E-state index contributed by atoms with van der Waals surface area (Å²) in [7, 11) is 0. The first kappa shape index (κ1) is 15.1. The molecule has 24 heavy (non-hydrogen) atoms. The molecule has 0 saturated carbocycles. The fraction of sp³-hybridized carbons (Fsp3) is 0.529. The second kappa shape index (κ2) is 6.22. The number of amides is 1. The van der Waals surface area contributed by atoms with Gasteiger partial charge in [-0.15, -0.1) is 6.58 Å². The average Bonchev–Trinajstić information content (AvgIpc) is 3.26. The van der Waals surface area contributed by atoms with Gasteiger partial charge in [-0.05, 0) is 32.1 Å². The van der Waals surface area contributed by atoms with Crippen molar-refractivity contribution in [2.45, 2.75) is 32.1 Å². The number of aryl methyl sites for hydroxylation is 1. The van der Waals surface area contributed by atoms with Crippen molar-refractivity contribution in [1.29, 1.82) is 0 Å². The van der Waals surface area contributed by atoms with E-state index in [1.165, 1.54) is 5.56 Å². The maximum Gasteiger partial charge on any atom is 0.254 e. The predicted molar refractivity (Wildman–Crippen MR) is 91.0 cm³/mol. The Balaban J connectivity index is 1.56. The number of piperidine rings is 1. The molecule has 0 radical (unpaired) electrons. The minimum atomic E-state index is 0.0855. The molecule has 7 nitrogen and oxygen atoms in total. The zero-order valence-corrected chi connectivity index (χ0v) is 13.7. The Morgan fingerprint density at radius 1 is 1.38 bits per heavy atom. The van der Waals surface area contributed by atoms with Crippen LogP contribution in [-0.4, -0.2) is 45.1 Å². The number of carbonyl (C=O) groups is 1. The van der Waals surface area contributed by atoms with Crippen LogP contribution >= 0.6 is 0 Å². The van der Waals surface area contributed by atoms with Gasteiger partial charge in [-0.3, -0.25) is 4.79 Å². The minimum Gasteiger partial charge on any atom is -0.356 e. The smallest absolute Gasteiger partial charge is 0.254 e. The fourth-order valence-electron chi connectivity index (χ4n) is 3.80. The molecule has 0 spiro atoms. The zero-order chi connectivity index (χ0) is 16.5. The maximum atomic E-state index is 12.1. The van der Waals surface area contributed by atoms with E-state index < -0.39 is 0 Å². The lowest BCUT2D eigenvalue weighted by atomic mass is 9.95. The quantitative estimate of drug-likeness (QED) is 0.853. The van der Waals surface area contributed by atoms with Crippen LogP contribution < -0.4 is 10.2 Å². The molecule has 2 aliphatic rings. The van der Waals surface area contributed by atoms with E-state index in [0.717, 1.165) is 56.7 Å². The highest BCUT2D eigenvalue weighted by Crippen LogP contribution is 2.32. The van der Waals surface area contributed by atoms with Crippen LogP contribution in [0.1, 0.15) is 30.5 Å². The number of fused-ring (bicyclic) bond motifs is 2. The summed E-state index contributed by atoms with van der Waals surface area (Å²) in [6, 6.07) is 0. The van der Waals surface area contributed by atoms with E-state index in [2.05, 4.69) is 31.9 Å². The van der Waals surface area contributed by atoms with Gasteiger partial charge < -0.3 is 10.2 Å². The molecule has 1 aliphatic carbocycles. The first-order chi connectivity index (χ1) is 11.8. The molecule has 1 N–H and O–H groups in total. The lowest BCUT2D eigenvalue weighted by molar-refractivity contribution is -0.125. The molecule has 0 unspecified atom stereocenters. The van der Waals surface area contributed by atoms with Gasteiger partial charge in [-0.25, -0.2) is 4.98 Å². The van der Waals surface area contributed by atoms with E-state index in [9.17, 15) is 4.79 Å². The molecular formula is C17H22N6O. The van der Waals surface area contributed by atoms with E-state index >= 15 is 0 Å². The molecule has 7 heteroatoms. The van der Waals surface area contributed by atoms with E-state index in [1.807, 2.05) is 4.52 Å². The van der Waals surface area contributed by atoms with Crippen molar-refractivity contribution in [3.05, 3.63) is 30.2 Å². The molecule has 1 amide bonds. The van der Waals surface area contributed by atoms with Gasteiger partial charge in [0.15, 0.2) is 0 Å². The van der Waals surface area contributed by atoms with Crippen LogP contribution in [0.5, 0.6) is 0 Å². The standard InChI is InChI=1S/C17H22N6O/c1-2-8-18-15(24)12-6-9-22(10-7-12)16-13-4-3-5-14(13)21-17-19-11-20-23(16)17/h2,11-12H,1,3-10H2,(H,18,24). The lowest BCUT2D eigenvalue weighted by Gasteiger charge is -2.33. The number of carbonyl (C=O) groups excluding carboxylic acids is 1. The summed E-state index contributed by atoms with van der Waals surface area (Å²) >= 11 is 0. The molecule has 0 bridgehead atoms. The maximum absolute atomic E-state index is 12.1. The van der Waals surface area contributed by atoms with Crippen LogP contribution in [0.3, 0.4) is 0 Å². The van der Waals surface area contributed by atoms with Crippen LogP contribution in [0, 0.1) is 5.92 Å². The number of nitrogens with one attached hydrogen (secondary N) is 1. The number of anilines is 1.